The summed E-state index contributed by atoms with van der Waals surface area (Å²) in [6.45, 7) is 3.44. The largest absolute Gasteiger partial charge is 0.484 e. The molecule has 0 unspecified atom stereocenters. The van der Waals surface area contributed by atoms with Crippen LogP contribution >= 0.6 is 0 Å². The highest BCUT2D eigenvalue weighted by Gasteiger charge is 2.28. The van der Waals surface area contributed by atoms with Crippen LogP contribution in [0, 0.1) is 6.92 Å². The second-order valence-electron chi connectivity index (χ2n) is 6.25. The Morgan fingerprint density at radius 1 is 1.20 bits per heavy atom. The highest BCUT2D eigenvalue weighted by atomic mass is 16.5. The Morgan fingerprint density at radius 2 is 1.92 bits per heavy atom. The third-order valence-corrected chi connectivity index (χ3v) is 4.04. The number of hydrogen-bond donors (Lipinski definition) is 2. The first-order valence-electron chi connectivity index (χ1n) is 8.12. The number of rotatable bonds is 6. The van der Waals surface area contributed by atoms with Crippen LogP contribution < -0.4 is 10.1 Å². The minimum atomic E-state index is -1.31. The van der Waals surface area contributed by atoms with E-state index < -0.39 is 5.60 Å². The Balaban J connectivity index is 1.58. The van der Waals surface area contributed by atoms with Crippen molar-refractivity contribution in [3.05, 3.63) is 65.9 Å². The molecule has 0 spiro atoms. The average molecular weight is 339 g/mol. The molecular formula is C20H21NO4. The molecule has 1 aromatic heterocycles. The smallest absolute Gasteiger partial charge is 0.258 e. The zero-order valence-corrected chi connectivity index (χ0v) is 14.3. The number of carbonyl (C=O) groups is 1. The maximum Gasteiger partial charge on any atom is 0.258 e. The maximum absolute atomic E-state index is 12.0. The van der Waals surface area contributed by atoms with Gasteiger partial charge in [-0.25, -0.2) is 0 Å². The highest BCUT2D eigenvalue weighted by Crippen LogP contribution is 2.27. The molecule has 0 bridgehead atoms. The predicted molar refractivity (Wildman–Crippen MR) is 95.5 cm³/mol. The van der Waals surface area contributed by atoms with E-state index in [1.54, 1.807) is 13.0 Å². The Morgan fingerprint density at radius 3 is 2.68 bits per heavy atom. The lowest BCUT2D eigenvalue weighted by Gasteiger charge is -2.21. The number of aliphatic hydroxyl groups is 1. The minimum absolute atomic E-state index is 0.0305. The number of carbonyl (C=O) groups excluding carboxylic acids is 1. The molecule has 1 heterocycles. The van der Waals surface area contributed by atoms with Crippen molar-refractivity contribution in [3.8, 4) is 5.75 Å². The molecule has 3 aromatic rings. The van der Waals surface area contributed by atoms with Gasteiger partial charge >= 0.3 is 0 Å². The normalized spacial score (nSPS) is 13.4. The van der Waals surface area contributed by atoms with Gasteiger partial charge in [-0.15, -0.1) is 0 Å². The van der Waals surface area contributed by atoms with Crippen molar-refractivity contribution in [3.63, 3.8) is 0 Å². The summed E-state index contributed by atoms with van der Waals surface area (Å²) in [4.78, 5) is 12.0. The van der Waals surface area contributed by atoms with Crippen LogP contribution in [0.1, 0.15) is 18.2 Å². The van der Waals surface area contributed by atoms with E-state index >= 15 is 0 Å². The molecule has 130 valence electrons. The zero-order valence-electron chi connectivity index (χ0n) is 14.3. The molecule has 0 saturated heterocycles. The third kappa shape index (κ3) is 4.00. The van der Waals surface area contributed by atoms with E-state index in [1.807, 2.05) is 55.5 Å². The van der Waals surface area contributed by atoms with Crippen molar-refractivity contribution < 1.29 is 19.1 Å². The summed E-state index contributed by atoms with van der Waals surface area (Å²) in [6.07, 6.45) is 0. The topological polar surface area (TPSA) is 71.7 Å². The number of hydrogen-bond acceptors (Lipinski definition) is 4. The van der Waals surface area contributed by atoms with E-state index in [0.717, 1.165) is 10.9 Å². The van der Waals surface area contributed by atoms with Gasteiger partial charge in [0.05, 0.1) is 6.54 Å². The van der Waals surface area contributed by atoms with E-state index in [2.05, 4.69) is 5.32 Å². The SMILES string of the molecule is Cc1ccccc1OCC(=O)NC[C@](C)(O)c1cc2ccccc2o1. The molecule has 5 nitrogen and oxygen atoms in total. The van der Waals surface area contributed by atoms with Crippen molar-refractivity contribution in [2.45, 2.75) is 19.4 Å². The molecule has 1 amide bonds. The Hall–Kier alpha value is -2.79. The fraction of sp³-hybridized carbons (Fsp3) is 0.250. The maximum atomic E-state index is 12.0. The Kier molecular flexibility index (Phi) is 4.76. The molecule has 2 N–H and O–H groups in total. The molecule has 2 aromatic carbocycles. The first-order chi connectivity index (χ1) is 12.0. The molecular weight excluding hydrogens is 318 g/mol. The van der Waals surface area contributed by atoms with Gasteiger partial charge in [0.15, 0.2) is 6.61 Å². The summed E-state index contributed by atoms with van der Waals surface area (Å²) in [7, 11) is 0. The van der Waals surface area contributed by atoms with Gasteiger partial charge in [0.2, 0.25) is 0 Å². The molecule has 3 rings (SSSR count). The number of ether oxygens (including phenoxy) is 1. The van der Waals surface area contributed by atoms with Crippen LogP contribution in [0.15, 0.2) is 59.0 Å². The highest BCUT2D eigenvalue weighted by molar-refractivity contribution is 5.79. The molecule has 0 aliphatic carbocycles. The molecule has 0 aliphatic heterocycles. The van der Waals surface area contributed by atoms with Crippen molar-refractivity contribution in [2.75, 3.05) is 13.2 Å². The van der Waals surface area contributed by atoms with E-state index in [4.69, 9.17) is 9.15 Å². The summed E-state index contributed by atoms with van der Waals surface area (Å²) >= 11 is 0. The summed E-state index contributed by atoms with van der Waals surface area (Å²) in [5, 5.41) is 14.2. The molecule has 0 aliphatic rings. The van der Waals surface area contributed by atoms with E-state index in [0.29, 0.717) is 17.1 Å². The van der Waals surface area contributed by atoms with Crippen LogP contribution in [0.25, 0.3) is 11.0 Å². The van der Waals surface area contributed by atoms with E-state index in [1.165, 1.54) is 0 Å². The Labute approximate surface area is 146 Å². The van der Waals surface area contributed by atoms with E-state index in [-0.39, 0.29) is 19.1 Å². The molecule has 5 heteroatoms. The lowest BCUT2D eigenvalue weighted by molar-refractivity contribution is -0.124. The second kappa shape index (κ2) is 6.99. The summed E-state index contributed by atoms with van der Waals surface area (Å²) in [5.74, 6) is 0.773. The molecule has 1 atom stereocenters. The quantitative estimate of drug-likeness (QED) is 0.724. The lowest BCUT2D eigenvalue weighted by atomic mass is 10.0. The van der Waals surface area contributed by atoms with E-state index in [9.17, 15) is 9.90 Å². The van der Waals surface area contributed by atoms with Crippen molar-refractivity contribution in [1.29, 1.82) is 0 Å². The Bertz CT molecular complexity index is 849. The number of amides is 1. The standard InChI is InChI=1S/C20H21NO4/c1-14-7-3-5-9-16(14)24-12-19(22)21-13-20(2,23)18-11-15-8-4-6-10-17(15)25-18/h3-11,23H,12-13H2,1-2H3,(H,21,22)/t20-/m0/s1. The van der Waals surface area contributed by atoms with Crippen molar-refractivity contribution >= 4 is 16.9 Å². The van der Waals surface area contributed by atoms with Gasteiger partial charge in [-0.3, -0.25) is 4.79 Å². The number of nitrogens with one attached hydrogen (secondary N) is 1. The van der Waals surface area contributed by atoms with Crippen LogP contribution in [-0.2, 0) is 10.4 Å². The zero-order chi connectivity index (χ0) is 17.9. The number of benzene rings is 2. The van der Waals surface area contributed by atoms with Crippen LogP contribution in [0.2, 0.25) is 0 Å². The van der Waals surface area contributed by atoms with Crippen molar-refractivity contribution in [1.82, 2.24) is 5.32 Å². The fourth-order valence-corrected chi connectivity index (χ4v) is 2.52. The average Bonchev–Trinajstić information content (AvgIpc) is 3.04. The molecule has 0 radical (unpaired) electrons. The van der Waals surface area contributed by atoms with Gasteiger partial charge in [0.25, 0.3) is 5.91 Å². The van der Waals surface area contributed by atoms with Gasteiger partial charge in [0, 0.05) is 5.39 Å². The second-order valence-corrected chi connectivity index (χ2v) is 6.25. The van der Waals surface area contributed by atoms with Gasteiger partial charge in [-0.2, -0.15) is 0 Å². The number of aryl methyl sites for hydroxylation is 1. The number of para-hydroxylation sites is 2. The van der Waals surface area contributed by atoms with Crippen molar-refractivity contribution in [2.24, 2.45) is 0 Å². The van der Waals surface area contributed by atoms with Gasteiger partial charge < -0.3 is 19.6 Å². The fourth-order valence-electron chi connectivity index (χ4n) is 2.52. The minimum Gasteiger partial charge on any atom is -0.484 e. The van der Waals surface area contributed by atoms with Gasteiger partial charge in [-0.05, 0) is 37.6 Å². The van der Waals surface area contributed by atoms with Crippen LogP contribution in [-0.4, -0.2) is 24.2 Å². The summed E-state index contributed by atoms with van der Waals surface area (Å²) < 4.78 is 11.2. The molecule has 0 saturated carbocycles. The molecule has 0 fully saturated rings. The first-order valence-corrected chi connectivity index (χ1v) is 8.12. The third-order valence-electron chi connectivity index (χ3n) is 4.04. The molecule has 25 heavy (non-hydrogen) atoms. The van der Waals surface area contributed by atoms with Crippen LogP contribution in [0.5, 0.6) is 5.75 Å². The summed E-state index contributed by atoms with van der Waals surface area (Å²) in [5.41, 5.74) is 0.355. The lowest BCUT2D eigenvalue weighted by Crippen LogP contribution is -2.40. The van der Waals surface area contributed by atoms with Crippen LogP contribution in [0.3, 0.4) is 0 Å². The van der Waals surface area contributed by atoms with Gasteiger partial charge in [-0.1, -0.05) is 36.4 Å². The van der Waals surface area contributed by atoms with Gasteiger partial charge in [0.1, 0.15) is 22.7 Å². The monoisotopic (exact) mass is 339 g/mol. The number of furan rings is 1. The predicted octanol–water partition coefficient (Wildman–Crippen LogP) is 3.14. The first kappa shape index (κ1) is 17.0. The van der Waals surface area contributed by atoms with Crippen LogP contribution in [0.4, 0.5) is 0 Å². The number of fused-ring (bicyclic) bond motifs is 1. The summed E-state index contributed by atoms with van der Waals surface area (Å²) in [6, 6.07) is 16.8.